The summed E-state index contributed by atoms with van der Waals surface area (Å²) in [5.41, 5.74) is 3.40. The summed E-state index contributed by atoms with van der Waals surface area (Å²) in [5, 5.41) is 0. The Labute approximate surface area is 141 Å². The van der Waals surface area contributed by atoms with Crippen molar-refractivity contribution in [3.8, 4) is 0 Å². The Kier molecular flexibility index (Phi) is 4.99. The molecule has 0 spiro atoms. The predicted molar refractivity (Wildman–Crippen MR) is 95.4 cm³/mol. The van der Waals surface area contributed by atoms with Gasteiger partial charge in [0.2, 0.25) is 11.5 Å². The molecule has 3 rings (SSSR count). The smallest absolute Gasteiger partial charge is 0.248 e. The Morgan fingerprint density at radius 3 is 2.50 bits per heavy atom. The van der Waals surface area contributed by atoms with E-state index in [4.69, 9.17) is 0 Å². The molecule has 5 nitrogen and oxygen atoms in total. The van der Waals surface area contributed by atoms with E-state index >= 15 is 0 Å². The molecule has 0 bridgehead atoms. The highest BCUT2D eigenvalue weighted by Crippen LogP contribution is 2.15. The van der Waals surface area contributed by atoms with Crippen molar-refractivity contribution < 1.29 is 4.79 Å². The van der Waals surface area contributed by atoms with Gasteiger partial charge in [-0.25, -0.2) is 0 Å². The lowest BCUT2D eigenvalue weighted by molar-refractivity contribution is -0.131. The maximum absolute atomic E-state index is 12.4. The fourth-order valence-corrected chi connectivity index (χ4v) is 3.10. The van der Waals surface area contributed by atoms with Crippen molar-refractivity contribution in [1.29, 1.82) is 0 Å². The van der Waals surface area contributed by atoms with Gasteiger partial charge in [-0.3, -0.25) is 9.59 Å². The summed E-state index contributed by atoms with van der Waals surface area (Å²) >= 11 is 0. The summed E-state index contributed by atoms with van der Waals surface area (Å²) in [6.07, 6.45) is 3.09. The van der Waals surface area contributed by atoms with Crippen molar-refractivity contribution in [2.75, 3.05) is 31.1 Å². The summed E-state index contributed by atoms with van der Waals surface area (Å²) in [7, 11) is 0. The van der Waals surface area contributed by atoms with Gasteiger partial charge in [0.15, 0.2) is 0 Å². The minimum absolute atomic E-state index is 0.0937. The standard InChI is InChI=1S/C19H23N3O2/c1-15-4-2-3-5-16(15)6-9-19(24)22-12-10-21(11-13-22)17-7-8-18(23)20-14-17/h2-5,7-8,14H,6,9-13H2,1H3,(H,20,23). The molecule has 5 heteroatoms. The first-order valence-electron chi connectivity index (χ1n) is 8.39. The summed E-state index contributed by atoms with van der Waals surface area (Å²) < 4.78 is 0. The number of hydrogen-bond donors (Lipinski definition) is 1. The van der Waals surface area contributed by atoms with Gasteiger partial charge in [0.25, 0.3) is 0 Å². The zero-order chi connectivity index (χ0) is 16.9. The first-order chi connectivity index (χ1) is 11.6. The molecule has 1 aromatic carbocycles. The zero-order valence-corrected chi connectivity index (χ0v) is 14.0. The number of rotatable bonds is 4. The number of pyridine rings is 1. The topological polar surface area (TPSA) is 56.4 Å². The monoisotopic (exact) mass is 325 g/mol. The van der Waals surface area contributed by atoms with Crippen LogP contribution in [0.2, 0.25) is 0 Å². The molecule has 1 N–H and O–H groups in total. The van der Waals surface area contributed by atoms with Gasteiger partial charge in [-0.15, -0.1) is 0 Å². The molecule has 24 heavy (non-hydrogen) atoms. The predicted octanol–water partition coefficient (Wildman–Crippen LogP) is 1.96. The molecule has 126 valence electrons. The van der Waals surface area contributed by atoms with Gasteiger partial charge in [0.1, 0.15) is 0 Å². The molecule has 1 aromatic heterocycles. The van der Waals surface area contributed by atoms with E-state index < -0.39 is 0 Å². The third-order valence-electron chi connectivity index (χ3n) is 4.63. The Bertz CT molecular complexity index is 741. The molecule has 0 atom stereocenters. The van der Waals surface area contributed by atoms with E-state index in [9.17, 15) is 9.59 Å². The quantitative estimate of drug-likeness (QED) is 0.935. The van der Waals surface area contributed by atoms with Crippen molar-refractivity contribution in [3.05, 3.63) is 64.1 Å². The van der Waals surface area contributed by atoms with Gasteiger partial charge in [0.05, 0.1) is 5.69 Å². The van der Waals surface area contributed by atoms with Crippen LogP contribution < -0.4 is 10.5 Å². The van der Waals surface area contributed by atoms with Crippen molar-refractivity contribution in [2.45, 2.75) is 19.8 Å². The lowest BCUT2D eigenvalue weighted by atomic mass is 10.0. The molecule has 1 saturated heterocycles. The maximum Gasteiger partial charge on any atom is 0.248 e. The van der Waals surface area contributed by atoms with Gasteiger partial charge < -0.3 is 14.8 Å². The van der Waals surface area contributed by atoms with E-state index in [1.54, 1.807) is 6.20 Å². The van der Waals surface area contributed by atoms with Crippen LogP contribution in [0.4, 0.5) is 5.69 Å². The Morgan fingerprint density at radius 1 is 1.08 bits per heavy atom. The van der Waals surface area contributed by atoms with Crippen LogP contribution in [0, 0.1) is 6.92 Å². The lowest BCUT2D eigenvalue weighted by Crippen LogP contribution is -2.49. The minimum Gasteiger partial charge on any atom is -0.367 e. The average Bonchev–Trinajstić information content (AvgIpc) is 2.62. The Balaban J connectivity index is 1.51. The lowest BCUT2D eigenvalue weighted by Gasteiger charge is -2.36. The van der Waals surface area contributed by atoms with Crippen LogP contribution in [0.25, 0.3) is 0 Å². The van der Waals surface area contributed by atoms with E-state index in [-0.39, 0.29) is 11.5 Å². The number of benzene rings is 1. The highest BCUT2D eigenvalue weighted by Gasteiger charge is 2.21. The number of amides is 1. The van der Waals surface area contributed by atoms with E-state index in [0.29, 0.717) is 6.42 Å². The number of piperazine rings is 1. The summed E-state index contributed by atoms with van der Waals surface area (Å²) in [5.74, 6) is 0.222. The molecule has 2 aromatic rings. The third kappa shape index (κ3) is 3.85. The third-order valence-corrected chi connectivity index (χ3v) is 4.63. The van der Waals surface area contributed by atoms with Crippen LogP contribution in [-0.4, -0.2) is 42.0 Å². The number of carbonyl (C=O) groups is 1. The molecule has 2 heterocycles. The summed E-state index contributed by atoms with van der Waals surface area (Å²) in [6.45, 7) is 5.13. The number of carbonyl (C=O) groups excluding carboxylic acids is 1. The second-order valence-electron chi connectivity index (χ2n) is 6.21. The first-order valence-corrected chi connectivity index (χ1v) is 8.39. The SMILES string of the molecule is Cc1ccccc1CCC(=O)N1CCN(c2ccc(=O)[nH]c2)CC1. The first kappa shape index (κ1) is 16.3. The molecular weight excluding hydrogens is 302 g/mol. The van der Waals surface area contributed by atoms with Crippen LogP contribution in [0.1, 0.15) is 17.5 Å². The van der Waals surface area contributed by atoms with Gasteiger partial charge >= 0.3 is 0 Å². The molecular formula is C19H23N3O2. The van der Waals surface area contributed by atoms with Crippen LogP contribution in [-0.2, 0) is 11.2 Å². The molecule has 1 fully saturated rings. The Hall–Kier alpha value is -2.56. The van der Waals surface area contributed by atoms with Gasteiger partial charge in [0, 0.05) is 44.9 Å². The molecule has 0 saturated carbocycles. The highest BCUT2D eigenvalue weighted by atomic mass is 16.2. The van der Waals surface area contributed by atoms with E-state index in [2.05, 4.69) is 28.9 Å². The van der Waals surface area contributed by atoms with Crippen molar-refractivity contribution >= 4 is 11.6 Å². The largest absolute Gasteiger partial charge is 0.367 e. The average molecular weight is 325 g/mol. The molecule has 1 aliphatic heterocycles. The number of hydrogen-bond acceptors (Lipinski definition) is 3. The Morgan fingerprint density at radius 2 is 1.83 bits per heavy atom. The van der Waals surface area contributed by atoms with Crippen LogP contribution >= 0.6 is 0 Å². The summed E-state index contributed by atoms with van der Waals surface area (Å²) in [6, 6.07) is 11.6. The van der Waals surface area contributed by atoms with E-state index in [1.807, 2.05) is 23.1 Å². The number of aryl methyl sites for hydroxylation is 2. The summed E-state index contributed by atoms with van der Waals surface area (Å²) in [4.78, 5) is 30.4. The van der Waals surface area contributed by atoms with Crippen molar-refractivity contribution in [2.24, 2.45) is 0 Å². The maximum atomic E-state index is 12.4. The second-order valence-corrected chi connectivity index (χ2v) is 6.21. The number of aromatic nitrogens is 1. The molecule has 0 radical (unpaired) electrons. The molecule has 1 amide bonds. The number of nitrogens with zero attached hydrogens (tertiary/aromatic N) is 2. The van der Waals surface area contributed by atoms with E-state index in [0.717, 1.165) is 38.3 Å². The van der Waals surface area contributed by atoms with E-state index in [1.165, 1.54) is 17.2 Å². The van der Waals surface area contributed by atoms with Gasteiger partial charge in [-0.1, -0.05) is 24.3 Å². The van der Waals surface area contributed by atoms with Gasteiger partial charge in [-0.2, -0.15) is 0 Å². The number of nitrogens with one attached hydrogen (secondary N) is 1. The number of anilines is 1. The highest BCUT2D eigenvalue weighted by molar-refractivity contribution is 5.76. The van der Waals surface area contributed by atoms with Crippen LogP contribution in [0.5, 0.6) is 0 Å². The van der Waals surface area contributed by atoms with Crippen molar-refractivity contribution in [1.82, 2.24) is 9.88 Å². The minimum atomic E-state index is -0.0937. The zero-order valence-electron chi connectivity index (χ0n) is 14.0. The fourth-order valence-electron chi connectivity index (χ4n) is 3.10. The van der Waals surface area contributed by atoms with Crippen LogP contribution in [0.3, 0.4) is 0 Å². The molecule has 1 aliphatic rings. The van der Waals surface area contributed by atoms with Crippen LogP contribution in [0.15, 0.2) is 47.4 Å². The van der Waals surface area contributed by atoms with Crippen molar-refractivity contribution in [3.63, 3.8) is 0 Å². The molecule has 0 unspecified atom stereocenters. The molecule has 0 aliphatic carbocycles. The van der Waals surface area contributed by atoms with Gasteiger partial charge in [-0.05, 0) is 30.5 Å². The normalized spacial score (nSPS) is 14.7. The second kappa shape index (κ2) is 7.34. The number of aromatic amines is 1. The number of H-pyrrole nitrogens is 1. The fraction of sp³-hybridized carbons (Fsp3) is 0.368.